The molecule has 1 nitrogen and oxygen atoms in total. The predicted octanol–water partition coefficient (Wildman–Crippen LogP) is 5.49. The standard InChI is InChI=1S/C22H17N/c1-2-8-17(9-3-1)20-12-6-5-11-19(20)16-22-21-13-7-4-10-18(21)14-15-23-22/h1-15H,16H2. The van der Waals surface area contributed by atoms with E-state index in [1.54, 1.807) is 0 Å². The second kappa shape index (κ2) is 6.05. The van der Waals surface area contributed by atoms with Gasteiger partial charge in [0, 0.05) is 18.0 Å². The first kappa shape index (κ1) is 13.7. The van der Waals surface area contributed by atoms with Crippen molar-refractivity contribution in [1.82, 2.24) is 4.98 Å². The number of pyridine rings is 1. The summed E-state index contributed by atoms with van der Waals surface area (Å²) >= 11 is 0. The van der Waals surface area contributed by atoms with Gasteiger partial charge in [0.05, 0.1) is 5.69 Å². The van der Waals surface area contributed by atoms with Crippen molar-refractivity contribution in [2.24, 2.45) is 0 Å². The van der Waals surface area contributed by atoms with Crippen LogP contribution in [0, 0.1) is 0 Å². The van der Waals surface area contributed by atoms with E-state index in [9.17, 15) is 0 Å². The van der Waals surface area contributed by atoms with Crippen LogP contribution in [-0.2, 0) is 6.42 Å². The van der Waals surface area contributed by atoms with Crippen LogP contribution in [0.3, 0.4) is 0 Å². The van der Waals surface area contributed by atoms with Crippen LogP contribution in [0.2, 0.25) is 0 Å². The Balaban J connectivity index is 1.80. The number of rotatable bonds is 3. The first-order valence-electron chi connectivity index (χ1n) is 7.88. The molecule has 4 rings (SSSR count). The fourth-order valence-electron chi connectivity index (χ4n) is 3.08. The average Bonchev–Trinajstić information content (AvgIpc) is 2.63. The molecule has 0 saturated heterocycles. The van der Waals surface area contributed by atoms with Gasteiger partial charge in [-0.2, -0.15) is 0 Å². The molecule has 0 bridgehead atoms. The minimum Gasteiger partial charge on any atom is -0.260 e. The summed E-state index contributed by atoms with van der Waals surface area (Å²) in [5, 5.41) is 2.48. The van der Waals surface area contributed by atoms with Gasteiger partial charge in [-0.05, 0) is 28.1 Å². The number of aromatic nitrogens is 1. The van der Waals surface area contributed by atoms with Crippen molar-refractivity contribution in [3.8, 4) is 11.1 Å². The summed E-state index contributed by atoms with van der Waals surface area (Å²) in [6.07, 6.45) is 2.75. The molecule has 1 aromatic heterocycles. The van der Waals surface area contributed by atoms with Crippen LogP contribution in [0.1, 0.15) is 11.3 Å². The Morgan fingerprint density at radius 3 is 2.30 bits per heavy atom. The van der Waals surface area contributed by atoms with E-state index in [0.717, 1.165) is 12.1 Å². The van der Waals surface area contributed by atoms with Crippen molar-refractivity contribution in [3.05, 3.63) is 102 Å². The first-order chi connectivity index (χ1) is 11.4. The lowest BCUT2D eigenvalue weighted by atomic mass is 9.95. The number of benzene rings is 3. The Morgan fingerprint density at radius 2 is 1.39 bits per heavy atom. The molecule has 3 aromatic carbocycles. The van der Waals surface area contributed by atoms with Crippen molar-refractivity contribution in [1.29, 1.82) is 0 Å². The molecule has 0 unspecified atom stereocenters. The topological polar surface area (TPSA) is 12.9 Å². The zero-order valence-electron chi connectivity index (χ0n) is 12.8. The highest BCUT2D eigenvalue weighted by Crippen LogP contribution is 2.27. The summed E-state index contributed by atoms with van der Waals surface area (Å²) in [5.74, 6) is 0. The zero-order chi connectivity index (χ0) is 15.5. The molecular weight excluding hydrogens is 278 g/mol. The maximum atomic E-state index is 4.64. The molecule has 0 N–H and O–H groups in total. The van der Waals surface area contributed by atoms with Gasteiger partial charge in [-0.3, -0.25) is 4.98 Å². The lowest BCUT2D eigenvalue weighted by molar-refractivity contribution is 1.10. The van der Waals surface area contributed by atoms with Crippen LogP contribution in [0.5, 0.6) is 0 Å². The van der Waals surface area contributed by atoms with E-state index in [1.807, 2.05) is 6.20 Å². The molecule has 0 radical (unpaired) electrons. The third-order valence-electron chi connectivity index (χ3n) is 4.22. The van der Waals surface area contributed by atoms with Crippen LogP contribution in [0.25, 0.3) is 21.9 Å². The minimum atomic E-state index is 0.840. The van der Waals surface area contributed by atoms with Gasteiger partial charge in [0.1, 0.15) is 0 Å². The third kappa shape index (κ3) is 2.74. The maximum absolute atomic E-state index is 4.64. The highest BCUT2D eigenvalue weighted by Gasteiger charge is 2.08. The van der Waals surface area contributed by atoms with Crippen LogP contribution >= 0.6 is 0 Å². The number of hydrogen-bond acceptors (Lipinski definition) is 1. The third-order valence-corrected chi connectivity index (χ3v) is 4.22. The highest BCUT2D eigenvalue weighted by molar-refractivity contribution is 5.84. The molecule has 0 aliphatic heterocycles. The van der Waals surface area contributed by atoms with E-state index in [-0.39, 0.29) is 0 Å². The van der Waals surface area contributed by atoms with Gasteiger partial charge in [-0.25, -0.2) is 0 Å². The second-order valence-corrected chi connectivity index (χ2v) is 5.68. The van der Waals surface area contributed by atoms with Gasteiger partial charge < -0.3 is 0 Å². The van der Waals surface area contributed by atoms with Gasteiger partial charge in [-0.15, -0.1) is 0 Å². The molecule has 0 aliphatic rings. The van der Waals surface area contributed by atoms with E-state index in [2.05, 4.69) is 89.9 Å². The zero-order valence-corrected chi connectivity index (χ0v) is 12.8. The summed E-state index contributed by atoms with van der Waals surface area (Å²) in [7, 11) is 0. The van der Waals surface area contributed by atoms with Crippen molar-refractivity contribution >= 4 is 10.8 Å². The molecule has 110 valence electrons. The van der Waals surface area contributed by atoms with Crippen LogP contribution in [0.4, 0.5) is 0 Å². The minimum absolute atomic E-state index is 0.840. The largest absolute Gasteiger partial charge is 0.260 e. The summed E-state index contributed by atoms with van der Waals surface area (Å²) in [6.45, 7) is 0. The van der Waals surface area contributed by atoms with E-state index in [1.165, 1.54) is 27.5 Å². The molecule has 0 atom stereocenters. The molecule has 1 heterocycles. The normalized spacial score (nSPS) is 10.8. The molecule has 1 heteroatoms. The summed E-state index contributed by atoms with van der Waals surface area (Å²) < 4.78 is 0. The van der Waals surface area contributed by atoms with E-state index < -0.39 is 0 Å². The molecule has 0 spiro atoms. The quantitative estimate of drug-likeness (QED) is 0.487. The van der Waals surface area contributed by atoms with E-state index in [4.69, 9.17) is 0 Å². The smallest absolute Gasteiger partial charge is 0.0525 e. The Labute approximate surface area is 136 Å². The van der Waals surface area contributed by atoms with Crippen molar-refractivity contribution in [3.63, 3.8) is 0 Å². The SMILES string of the molecule is c1ccc(-c2ccccc2Cc2nccc3ccccc23)cc1. The van der Waals surface area contributed by atoms with Gasteiger partial charge in [-0.1, -0.05) is 78.9 Å². The van der Waals surface area contributed by atoms with E-state index in [0.29, 0.717) is 0 Å². The average molecular weight is 295 g/mol. The molecular formula is C22H17N. The van der Waals surface area contributed by atoms with Crippen LogP contribution in [0.15, 0.2) is 91.1 Å². The molecule has 0 aliphatic carbocycles. The summed E-state index contributed by atoms with van der Waals surface area (Å²) in [6, 6.07) is 29.7. The van der Waals surface area contributed by atoms with Gasteiger partial charge in [0.2, 0.25) is 0 Å². The fraction of sp³-hybridized carbons (Fsp3) is 0.0455. The molecule has 0 amide bonds. The van der Waals surface area contributed by atoms with Crippen molar-refractivity contribution in [2.45, 2.75) is 6.42 Å². The number of hydrogen-bond donors (Lipinski definition) is 0. The maximum Gasteiger partial charge on any atom is 0.0525 e. The highest BCUT2D eigenvalue weighted by atomic mass is 14.7. The fourth-order valence-corrected chi connectivity index (χ4v) is 3.08. The molecule has 4 aromatic rings. The Morgan fingerprint density at radius 1 is 0.652 bits per heavy atom. The molecule has 0 fully saturated rings. The Kier molecular flexibility index (Phi) is 3.61. The monoisotopic (exact) mass is 295 g/mol. The first-order valence-corrected chi connectivity index (χ1v) is 7.88. The molecule has 23 heavy (non-hydrogen) atoms. The Hall–Kier alpha value is -2.93. The number of nitrogens with zero attached hydrogens (tertiary/aromatic N) is 1. The van der Waals surface area contributed by atoms with Gasteiger partial charge >= 0.3 is 0 Å². The number of fused-ring (bicyclic) bond motifs is 1. The molecule has 0 saturated carbocycles. The Bertz CT molecular complexity index is 937. The van der Waals surface area contributed by atoms with Crippen molar-refractivity contribution < 1.29 is 0 Å². The van der Waals surface area contributed by atoms with Crippen LogP contribution in [-0.4, -0.2) is 4.98 Å². The summed E-state index contributed by atoms with van der Waals surface area (Å²) in [4.78, 5) is 4.64. The second-order valence-electron chi connectivity index (χ2n) is 5.68. The lowest BCUT2D eigenvalue weighted by Crippen LogP contribution is -1.96. The van der Waals surface area contributed by atoms with Crippen molar-refractivity contribution in [2.75, 3.05) is 0 Å². The van der Waals surface area contributed by atoms with E-state index >= 15 is 0 Å². The summed E-state index contributed by atoms with van der Waals surface area (Å²) in [5.41, 5.74) is 4.97. The van der Waals surface area contributed by atoms with Gasteiger partial charge in [0.25, 0.3) is 0 Å². The predicted molar refractivity (Wildman–Crippen MR) is 96.4 cm³/mol. The van der Waals surface area contributed by atoms with Gasteiger partial charge in [0.15, 0.2) is 0 Å². The lowest BCUT2D eigenvalue weighted by Gasteiger charge is -2.11. The van der Waals surface area contributed by atoms with Crippen LogP contribution < -0.4 is 0 Å².